The number of fused-ring (bicyclic) bond motifs is 2. The van der Waals surface area contributed by atoms with Crippen LogP contribution in [0.2, 0.25) is 0 Å². The standard InChI is InChI=1S/C9H15NO/c1-6(11)10-9-4-7-2-8(3-7)5-9/h7-9H,2-5H2,1H3,(H,10,11)/t7-,8-. The van der Waals surface area contributed by atoms with Crippen LogP contribution in [0.15, 0.2) is 0 Å². The van der Waals surface area contributed by atoms with E-state index in [0.29, 0.717) is 6.04 Å². The van der Waals surface area contributed by atoms with Gasteiger partial charge in [-0.25, -0.2) is 0 Å². The predicted octanol–water partition coefficient (Wildman–Crippen LogP) is 1.31. The maximum atomic E-state index is 10.7. The Morgan fingerprint density at radius 1 is 1.18 bits per heavy atom. The first-order chi connectivity index (χ1) is 5.24. The zero-order valence-electron chi connectivity index (χ0n) is 6.97. The fourth-order valence-corrected chi connectivity index (χ4v) is 2.56. The van der Waals surface area contributed by atoms with Gasteiger partial charge in [0.1, 0.15) is 0 Å². The van der Waals surface area contributed by atoms with Crippen LogP contribution in [0, 0.1) is 11.8 Å². The van der Waals surface area contributed by atoms with Crippen LogP contribution in [-0.2, 0) is 4.79 Å². The van der Waals surface area contributed by atoms with Crippen molar-refractivity contribution in [2.75, 3.05) is 0 Å². The van der Waals surface area contributed by atoms with Crippen molar-refractivity contribution in [1.82, 2.24) is 5.32 Å². The highest BCUT2D eigenvalue weighted by atomic mass is 16.1. The van der Waals surface area contributed by atoms with Crippen LogP contribution in [0.4, 0.5) is 0 Å². The van der Waals surface area contributed by atoms with Crippen LogP contribution in [0.5, 0.6) is 0 Å². The van der Waals surface area contributed by atoms with Crippen molar-refractivity contribution in [3.63, 3.8) is 0 Å². The number of nitrogens with one attached hydrogen (secondary N) is 1. The Bertz CT molecular complexity index is 162. The molecular formula is C9H15NO. The molecule has 0 heterocycles. The topological polar surface area (TPSA) is 29.1 Å². The summed E-state index contributed by atoms with van der Waals surface area (Å²) in [5, 5.41) is 3.00. The number of hydrogen-bond donors (Lipinski definition) is 1. The molecule has 2 heteroatoms. The third kappa shape index (κ3) is 1.39. The SMILES string of the molecule is CC(=O)NC1C[C@H]2C[C@H](C1)C2. The molecule has 3 aliphatic carbocycles. The monoisotopic (exact) mass is 153 g/mol. The van der Waals surface area contributed by atoms with E-state index < -0.39 is 0 Å². The molecule has 3 saturated carbocycles. The number of hydrogen-bond acceptors (Lipinski definition) is 1. The van der Waals surface area contributed by atoms with E-state index in [2.05, 4.69) is 5.32 Å². The molecular weight excluding hydrogens is 138 g/mol. The number of amides is 1. The molecule has 0 radical (unpaired) electrons. The molecule has 1 N–H and O–H groups in total. The van der Waals surface area contributed by atoms with Crippen molar-refractivity contribution < 1.29 is 4.79 Å². The summed E-state index contributed by atoms with van der Waals surface area (Å²) in [6.07, 6.45) is 5.32. The summed E-state index contributed by atoms with van der Waals surface area (Å²) in [5.74, 6) is 2.01. The van der Waals surface area contributed by atoms with E-state index >= 15 is 0 Å². The van der Waals surface area contributed by atoms with Crippen molar-refractivity contribution in [2.24, 2.45) is 11.8 Å². The number of carbonyl (C=O) groups excluding carboxylic acids is 1. The van der Waals surface area contributed by atoms with E-state index in [1.165, 1.54) is 25.7 Å². The summed E-state index contributed by atoms with van der Waals surface area (Å²) in [6.45, 7) is 1.61. The van der Waals surface area contributed by atoms with Gasteiger partial charge in [-0.1, -0.05) is 0 Å². The van der Waals surface area contributed by atoms with E-state index in [1.807, 2.05) is 0 Å². The first-order valence-electron chi connectivity index (χ1n) is 4.51. The van der Waals surface area contributed by atoms with Gasteiger partial charge < -0.3 is 5.32 Å². The molecule has 3 fully saturated rings. The predicted molar refractivity (Wildman–Crippen MR) is 43.1 cm³/mol. The zero-order valence-corrected chi connectivity index (χ0v) is 6.97. The highest BCUT2D eigenvalue weighted by Crippen LogP contribution is 2.45. The van der Waals surface area contributed by atoms with Crippen molar-refractivity contribution in [1.29, 1.82) is 0 Å². The Labute approximate surface area is 67.4 Å². The van der Waals surface area contributed by atoms with Gasteiger partial charge in [-0.15, -0.1) is 0 Å². The Hall–Kier alpha value is -0.530. The lowest BCUT2D eigenvalue weighted by molar-refractivity contribution is -0.120. The van der Waals surface area contributed by atoms with Gasteiger partial charge in [0, 0.05) is 13.0 Å². The second kappa shape index (κ2) is 2.50. The molecule has 0 unspecified atom stereocenters. The summed E-state index contributed by atoms with van der Waals surface area (Å²) < 4.78 is 0. The van der Waals surface area contributed by atoms with Gasteiger partial charge in [-0.3, -0.25) is 4.79 Å². The lowest BCUT2D eigenvalue weighted by Gasteiger charge is -2.45. The molecule has 2 bridgehead atoms. The van der Waals surface area contributed by atoms with Crippen LogP contribution < -0.4 is 5.32 Å². The molecule has 0 aromatic heterocycles. The molecule has 2 nitrogen and oxygen atoms in total. The molecule has 0 atom stereocenters. The Morgan fingerprint density at radius 3 is 2.18 bits per heavy atom. The smallest absolute Gasteiger partial charge is 0.217 e. The second-order valence-electron chi connectivity index (χ2n) is 4.07. The molecule has 1 amide bonds. The largest absolute Gasteiger partial charge is 0.354 e. The van der Waals surface area contributed by atoms with Crippen LogP contribution in [0.3, 0.4) is 0 Å². The van der Waals surface area contributed by atoms with E-state index in [1.54, 1.807) is 6.92 Å². The molecule has 0 aliphatic heterocycles. The first kappa shape index (κ1) is 7.14. The average molecular weight is 153 g/mol. The number of carbonyl (C=O) groups is 1. The van der Waals surface area contributed by atoms with Gasteiger partial charge in [0.2, 0.25) is 5.91 Å². The normalized spacial score (nSPS) is 41.0. The van der Waals surface area contributed by atoms with Crippen LogP contribution in [0.25, 0.3) is 0 Å². The van der Waals surface area contributed by atoms with Crippen LogP contribution >= 0.6 is 0 Å². The summed E-state index contributed by atoms with van der Waals surface area (Å²) in [7, 11) is 0. The van der Waals surface area contributed by atoms with Gasteiger partial charge in [0.15, 0.2) is 0 Å². The minimum atomic E-state index is 0.135. The van der Waals surface area contributed by atoms with Crippen LogP contribution in [-0.4, -0.2) is 11.9 Å². The van der Waals surface area contributed by atoms with Gasteiger partial charge in [0.25, 0.3) is 0 Å². The Balaban J connectivity index is 1.83. The molecule has 0 aromatic carbocycles. The highest BCUT2D eigenvalue weighted by Gasteiger charge is 2.38. The fourth-order valence-electron chi connectivity index (χ4n) is 2.56. The molecule has 0 aromatic rings. The van der Waals surface area contributed by atoms with E-state index in [4.69, 9.17) is 0 Å². The minimum absolute atomic E-state index is 0.135. The van der Waals surface area contributed by atoms with Crippen LogP contribution in [0.1, 0.15) is 32.6 Å². The summed E-state index contributed by atoms with van der Waals surface area (Å²) >= 11 is 0. The maximum absolute atomic E-state index is 10.7. The van der Waals surface area contributed by atoms with Gasteiger partial charge in [0.05, 0.1) is 0 Å². The van der Waals surface area contributed by atoms with Crippen molar-refractivity contribution in [2.45, 2.75) is 38.6 Å². The van der Waals surface area contributed by atoms with Gasteiger partial charge in [-0.2, -0.15) is 0 Å². The third-order valence-electron chi connectivity index (χ3n) is 2.98. The Kier molecular flexibility index (Phi) is 1.63. The van der Waals surface area contributed by atoms with E-state index in [-0.39, 0.29) is 5.91 Å². The zero-order chi connectivity index (χ0) is 7.84. The molecule has 0 saturated heterocycles. The maximum Gasteiger partial charge on any atom is 0.217 e. The second-order valence-corrected chi connectivity index (χ2v) is 4.07. The molecule has 11 heavy (non-hydrogen) atoms. The lowest BCUT2D eigenvalue weighted by atomic mass is 9.63. The average Bonchev–Trinajstić information content (AvgIpc) is 1.83. The van der Waals surface area contributed by atoms with Crippen molar-refractivity contribution >= 4 is 5.91 Å². The fraction of sp³-hybridized carbons (Fsp3) is 0.889. The Morgan fingerprint density at radius 2 is 1.73 bits per heavy atom. The van der Waals surface area contributed by atoms with E-state index in [0.717, 1.165) is 11.8 Å². The molecule has 0 spiro atoms. The number of rotatable bonds is 1. The highest BCUT2D eigenvalue weighted by molar-refractivity contribution is 5.73. The quantitative estimate of drug-likeness (QED) is 0.604. The summed E-state index contributed by atoms with van der Waals surface area (Å²) in [4.78, 5) is 10.7. The minimum Gasteiger partial charge on any atom is -0.354 e. The summed E-state index contributed by atoms with van der Waals surface area (Å²) in [6, 6.07) is 0.505. The van der Waals surface area contributed by atoms with Gasteiger partial charge >= 0.3 is 0 Å². The van der Waals surface area contributed by atoms with Crippen molar-refractivity contribution in [3.05, 3.63) is 0 Å². The first-order valence-corrected chi connectivity index (χ1v) is 4.51. The van der Waals surface area contributed by atoms with Gasteiger partial charge in [-0.05, 0) is 37.5 Å². The summed E-state index contributed by atoms with van der Waals surface area (Å²) in [5.41, 5.74) is 0. The lowest BCUT2D eigenvalue weighted by Crippen LogP contribution is -2.45. The van der Waals surface area contributed by atoms with Crippen molar-refractivity contribution in [3.8, 4) is 0 Å². The molecule has 3 aliphatic rings. The molecule has 3 rings (SSSR count). The molecule has 62 valence electrons. The third-order valence-corrected chi connectivity index (χ3v) is 2.98. The van der Waals surface area contributed by atoms with E-state index in [9.17, 15) is 4.79 Å².